The minimum absolute atomic E-state index is 0.0797. The van der Waals surface area contributed by atoms with Crippen LogP contribution in [0.2, 0.25) is 0 Å². The van der Waals surface area contributed by atoms with Crippen molar-refractivity contribution in [2.75, 3.05) is 19.6 Å². The summed E-state index contributed by atoms with van der Waals surface area (Å²) in [6.45, 7) is 7.55. The van der Waals surface area contributed by atoms with Gasteiger partial charge in [0, 0.05) is 13.1 Å². The zero-order valence-electron chi connectivity index (χ0n) is 11.6. The van der Waals surface area contributed by atoms with Gasteiger partial charge in [-0.05, 0) is 47.8 Å². The molecule has 108 valence electrons. The van der Waals surface area contributed by atoms with Crippen LogP contribution in [0.4, 0.5) is 0 Å². The van der Waals surface area contributed by atoms with Gasteiger partial charge in [0.1, 0.15) is 5.52 Å². The molecule has 0 saturated heterocycles. The van der Waals surface area contributed by atoms with E-state index in [1.54, 1.807) is 16.7 Å². The first kappa shape index (κ1) is 15.2. The maximum Gasteiger partial charge on any atom is 0.261 e. The number of halogens is 1. The van der Waals surface area contributed by atoms with Crippen LogP contribution in [0.5, 0.6) is 5.75 Å². The molecule has 1 heterocycles. The number of benzene rings is 1. The predicted octanol–water partition coefficient (Wildman–Crippen LogP) is 2.05. The number of hydrogen-bond donors (Lipinski definition) is 1. The van der Waals surface area contributed by atoms with Crippen LogP contribution in [-0.4, -0.2) is 39.2 Å². The number of aromatic hydroxyl groups is 1. The number of phenolic OH excluding ortho intramolecular Hbond substituents is 1. The van der Waals surface area contributed by atoms with Crippen LogP contribution in [0.3, 0.4) is 0 Å². The highest BCUT2D eigenvalue weighted by Crippen LogP contribution is 2.25. The summed E-state index contributed by atoms with van der Waals surface area (Å²) in [5.74, 6) is 0.0797. The zero-order chi connectivity index (χ0) is 14.7. The van der Waals surface area contributed by atoms with Crippen molar-refractivity contribution < 1.29 is 5.11 Å². The maximum absolute atomic E-state index is 12.4. The maximum atomic E-state index is 12.4. The number of rotatable bonds is 5. The third-order valence-corrected chi connectivity index (χ3v) is 4.34. The molecule has 0 radical (unpaired) electrons. The van der Waals surface area contributed by atoms with Gasteiger partial charge in [0.2, 0.25) is 0 Å². The van der Waals surface area contributed by atoms with Gasteiger partial charge in [0.05, 0.1) is 15.3 Å². The third-order valence-electron chi connectivity index (χ3n) is 3.47. The van der Waals surface area contributed by atoms with Crippen molar-refractivity contribution in [2.24, 2.45) is 0 Å². The van der Waals surface area contributed by atoms with Crippen LogP contribution in [-0.2, 0) is 6.54 Å². The van der Waals surface area contributed by atoms with Gasteiger partial charge < -0.3 is 10.0 Å². The first-order valence-electron chi connectivity index (χ1n) is 6.67. The van der Waals surface area contributed by atoms with Crippen LogP contribution in [0, 0.1) is 3.57 Å². The summed E-state index contributed by atoms with van der Waals surface area (Å²) < 4.78 is 2.30. The Labute approximate surface area is 131 Å². The third kappa shape index (κ3) is 2.95. The average Bonchev–Trinajstić information content (AvgIpc) is 2.46. The van der Waals surface area contributed by atoms with Gasteiger partial charge in [-0.1, -0.05) is 13.8 Å². The van der Waals surface area contributed by atoms with Crippen LogP contribution in [0.25, 0.3) is 10.9 Å². The second-order valence-corrected chi connectivity index (χ2v) is 5.72. The van der Waals surface area contributed by atoms with E-state index in [-0.39, 0.29) is 11.3 Å². The van der Waals surface area contributed by atoms with Gasteiger partial charge in [0.25, 0.3) is 5.56 Å². The molecule has 1 aromatic carbocycles. The highest BCUT2D eigenvalue weighted by Gasteiger charge is 2.10. The summed E-state index contributed by atoms with van der Waals surface area (Å²) in [5.41, 5.74) is 0.273. The van der Waals surface area contributed by atoms with E-state index in [4.69, 9.17) is 0 Å². The summed E-state index contributed by atoms with van der Waals surface area (Å²) in [5, 5.41) is 10.4. The Morgan fingerprint density at radius 2 is 2.05 bits per heavy atom. The van der Waals surface area contributed by atoms with Gasteiger partial charge in [-0.15, -0.1) is 0 Å². The molecule has 2 rings (SSSR count). The Balaban J connectivity index is 2.35. The largest absolute Gasteiger partial charge is 0.505 e. The van der Waals surface area contributed by atoms with Crippen molar-refractivity contribution in [3.05, 3.63) is 32.4 Å². The molecule has 0 unspecified atom stereocenters. The SMILES string of the molecule is CCN(CC)CCn1cnc2c(O)c(I)ccc2c1=O. The van der Waals surface area contributed by atoms with Crippen molar-refractivity contribution in [3.8, 4) is 5.75 Å². The molecule has 0 fully saturated rings. The minimum Gasteiger partial charge on any atom is -0.505 e. The van der Waals surface area contributed by atoms with Gasteiger partial charge in [-0.3, -0.25) is 9.36 Å². The fourth-order valence-electron chi connectivity index (χ4n) is 2.14. The summed E-state index contributed by atoms with van der Waals surface area (Å²) >= 11 is 2.02. The van der Waals surface area contributed by atoms with Crippen molar-refractivity contribution in [3.63, 3.8) is 0 Å². The lowest BCUT2D eigenvalue weighted by molar-refractivity contribution is 0.289. The molecule has 1 N–H and O–H groups in total. The molecule has 20 heavy (non-hydrogen) atoms. The second-order valence-electron chi connectivity index (χ2n) is 4.56. The molecule has 0 atom stereocenters. The van der Waals surface area contributed by atoms with E-state index in [0.717, 1.165) is 19.6 Å². The van der Waals surface area contributed by atoms with E-state index in [1.807, 2.05) is 22.6 Å². The Morgan fingerprint density at radius 1 is 1.35 bits per heavy atom. The molecule has 1 aromatic heterocycles. The monoisotopic (exact) mass is 387 g/mol. The standard InChI is InChI=1S/C14H18IN3O2/c1-3-17(4-2)7-8-18-9-16-12-10(14(18)20)5-6-11(15)13(12)19/h5-6,9,19H,3-4,7-8H2,1-2H3. The molecule has 0 aliphatic rings. The average molecular weight is 387 g/mol. The van der Waals surface area contributed by atoms with E-state index >= 15 is 0 Å². The lowest BCUT2D eigenvalue weighted by atomic mass is 10.2. The first-order valence-corrected chi connectivity index (χ1v) is 7.75. The lowest BCUT2D eigenvalue weighted by Crippen LogP contribution is -2.31. The highest BCUT2D eigenvalue weighted by molar-refractivity contribution is 14.1. The summed E-state index contributed by atoms with van der Waals surface area (Å²) in [6.07, 6.45) is 1.52. The molecule has 0 spiro atoms. The molecule has 2 aromatic rings. The van der Waals surface area contributed by atoms with Gasteiger partial charge in [-0.2, -0.15) is 0 Å². The van der Waals surface area contributed by atoms with Crippen LogP contribution < -0.4 is 5.56 Å². The zero-order valence-corrected chi connectivity index (χ0v) is 13.8. The molecule has 0 bridgehead atoms. The van der Waals surface area contributed by atoms with Gasteiger partial charge in [-0.25, -0.2) is 4.98 Å². The topological polar surface area (TPSA) is 58.4 Å². The number of nitrogens with zero attached hydrogens (tertiary/aromatic N) is 3. The summed E-state index contributed by atoms with van der Waals surface area (Å²) in [4.78, 5) is 18.8. The fourth-order valence-corrected chi connectivity index (χ4v) is 2.58. The van der Waals surface area contributed by atoms with Crippen molar-refractivity contribution >= 4 is 33.5 Å². The van der Waals surface area contributed by atoms with E-state index in [1.165, 1.54) is 6.33 Å². The van der Waals surface area contributed by atoms with Crippen molar-refractivity contribution in [1.29, 1.82) is 0 Å². The van der Waals surface area contributed by atoms with E-state index in [2.05, 4.69) is 23.7 Å². The number of phenols is 1. The fraction of sp³-hybridized carbons (Fsp3) is 0.429. The number of aromatic nitrogens is 2. The summed E-state index contributed by atoms with van der Waals surface area (Å²) in [7, 11) is 0. The smallest absolute Gasteiger partial charge is 0.261 e. The second kappa shape index (κ2) is 6.53. The predicted molar refractivity (Wildman–Crippen MR) is 88.2 cm³/mol. The molecular weight excluding hydrogens is 369 g/mol. The Bertz CT molecular complexity index is 665. The Morgan fingerprint density at radius 3 is 2.70 bits per heavy atom. The number of fused-ring (bicyclic) bond motifs is 1. The van der Waals surface area contributed by atoms with Crippen molar-refractivity contribution in [1.82, 2.24) is 14.5 Å². The highest BCUT2D eigenvalue weighted by atomic mass is 127. The molecule has 6 heteroatoms. The minimum atomic E-state index is -0.103. The molecule has 0 amide bonds. The molecule has 0 aliphatic carbocycles. The molecule has 0 saturated carbocycles. The Hall–Kier alpha value is -1.15. The number of hydrogen-bond acceptors (Lipinski definition) is 4. The molecule has 0 aliphatic heterocycles. The van der Waals surface area contributed by atoms with Crippen LogP contribution >= 0.6 is 22.6 Å². The molecular formula is C14H18IN3O2. The summed E-state index contributed by atoms with van der Waals surface area (Å²) in [6, 6.07) is 3.45. The normalized spacial score (nSPS) is 11.4. The number of likely N-dealkylation sites (N-methyl/N-ethyl adjacent to an activating group) is 1. The Kier molecular flexibility index (Phi) is 4.98. The van der Waals surface area contributed by atoms with E-state index in [0.29, 0.717) is 21.0 Å². The van der Waals surface area contributed by atoms with Crippen LogP contribution in [0.1, 0.15) is 13.8 Å². The first-order chi connectivity index (χ1) is 9.58. The van der Waals surface area contributed by atoms with Crippen molar-refractivity contribution in [2.45, 2.75) is 20.4 Å². The quantitative estimate of drug-likeness (QED) is 0.798. The lowest BCUT2D eigenvalue weighted by Gasteiger charge is -2.18. The molecule has 5 nitrogen and oxygen atoms in total. The van der Waals surface area contributed by atoms with E-state index < -0.39 is 0 Å². The van der Waals surface area contributed by atoms with Gasteiger partial charge >= 0.3 is 0 Å². The van der Waals surface area contributed by atoms with Crippen LogP contribution in [0.15, 0.2) is 23.3 Å². The van der Waals surface area contributed by atoms with E-state index in [9.17, 15) is 9.90 Å². The van der Waals surface area contributed by atoms with Gasteiger partial charge in [0.15, 0.2) is 5.75 Å².